The molecule has 10 heteroatoms. The molecular formula is C36H37Cl2N3O4S. The molecule has 0 unspecified atom stereocenters. The van der Waals surface area contributed by atoms with Crippen LogP contribution in [-0.4, -0.2) is 48.6 Å². The van der Waals surface area contributed by atoms with E-state index in [0.717, 1.165) is 35.1 Å². The SMILES string of the molecule is O=C(NCc1ccc(Cl)cc1)[C@@H](Cc1ccccc1)N(Cc1ccc(Cl)cc1)C(=O)CCc1ccc(S(=O)(=O)N2CCCC2)cc1. The lowest BCUT2D eigenvalue weighted by Crippen LogP contribution is -2.50. The highest BCUT2D eigenvalue weighted by molar-refractivity contribution is 7.89. The fraction of sp³-hybridized carbons (Fsp3) is 0.278. The van der Waals surface area contributed by atoms with Gasteiger partial charge in [0.25, 0.3) is 0 Å². The van der Waals surface area contributed by atoms with Crippen molar-refractivity contribution in [3.05, 3.63) is 135 Å². The Morgan fingerprint density at radius 3 is 1.91 bits per heavy atom. The van der Waals surface area contributed by atoms with E-state index in [4.69, 9.17) is 23.2 Å². The second-order valence-corrected chi connectivity index (χ2v) is 14.3. The Labute approximate surface area is 281 Å². The van der Waals surface area contributed by atoms with Crippen LogP contribution in [0, 0.1) is 0 Å². The highest BCUT2D eigenvalue weighted by atomic mass is 35.5. The van der Waals surface area contributed by atoms with Crippen molar-refractivity contribution in [3.63, 3.8) is 0 Å². The molecule has 240 valence electrons. The number of benzene rings is 4. The van der Waals surface area contributed by atoms with Gasteiger partial charge >= 0.3 is 0 Å². The minimum absolute atomic E-state index is 0.140. The van der Waals surface area contributed by atoms with Crippen LogP contribution in [0.25, 0.3) is 0 Å². The second-order valence-electron chi connectivity index (χ2n) is 11.5. The summed E-state index contributed by atoms with van der Waals surface area (Å²) in [5.41, 5.74) is 3.50. The van der Waals surface area contributed by atoms with E-state index in [1.807, 2.05) is 54.6 Å². The Bertz CT molecular complexity index is 1710. The Balaban J connectivity index is 1.36. The molecule has 1 N–H and O–H groups in total. The van der Waals surface area contributed by atoms with E-state index in [1.165, 1.54) is 4.31 Å². The molecule has 4 aromatic carbocycles. The van der Waals surface area contributed by atoms with Gasteiger partial charge in [0.15, 0.2) is 0 Å². The third-order valence-electron chi connectivity index (χ3n) is 8.17. The van der Waals surface area contributed by atoms with Crippen LogP contribution in [0.1, 0.15) is 41.5 Å². The molecule has 2 amide bonds. The van der Waals surface area contributed by atoms with Crippen LogP contribution >= 0.6 is 23.2 Å². The number of hydrogen-bond acceptors (Lipinski definition) is 4. The smallest absolute Gasteiger partial charge is 0.243 e. The number of rotatable bonds is 13. The molecule has 4 aromatic rings. The monoisotopic (exact) mass is 677 g/mol. The lowest BCUT2D eigenvalue weighted by Gasteiger charge is -2.32. The molecule has 46 heavy (non-hydrogen) atoms. The van der Waals surface area contributed by atoms with E-state index < -0.39 is 16.1 Å². The molecule has 0 aliphatic carbocycles. The van der Waals surface area contributed by atoms with Crippen molar-refractivity contribution in [2.24, 2.45) is 0 Å². The lowest BCUT2D eigenvalue weighted by atomic mass is 10.0. The van der Waals surface area contributed by atoms with Gasteiger partial charge in [-0.25, -0.2) is 8.42 Å². The average molecular weight is 679 g/mol. The van der Waals surface area contributed by atoms with Crippen molar-refractivity contribution >= 4 is 45.0 Å². The number of carbonyl (C=O) groups excluding carboxylic acids is 2. The quantitative estimate of drug-likeness (QED) is 0.171. The summed E-state index contributed by atoms with van der Waals surface area (Å²) >= 11 is 12.2. The van der Waals surface area contributed by atoms with Crippen molar-refractivity contribution in [1.82, 2.24) is 14.5 Å². The number of nitrogens with zero attached hydrogens (tertiary/aromatic N) is 2. The van der Waals surface area contributed by atoms with Gasteiger partial charge in [-0.3, -0.25) is 9.59 Å². The molecule has 1 atom stereocenters. The average Bonchev–Trinajstić information content (AvgIpc) is 3.63. The van der Waals surface area contributed by atoms with E-state index in [9.17, 15) is 18.0 Å². The molecule has 0 radical (unpaired) electrons. The maximum absolute atomic E-state index is 14.0. The first-order valence-electron chi connectivity index (χ1n) is 15.4. The number of nitrogens with one attached hydrogen (secondary N) is 1. The van der Waals surface area contributed by atoms with Crippen LogP contribution < -0.4 is 5.32 Å². The number of amides is 2. The highest BCUT2D eigenvalue weighted by Crippen LogP contribution is 2.23. The molecule has 7 nitrogen and oxygen atoms in total. The van der Waals surface area contributed by atoms with E-state index in [0.29, 0.717) is 36.0 Å². The van der Waals surface area contributed by atoms with E-state index in [2.05, 4.69) is 5.32 Å². The number of carbonyl (C=O) groups is 2. The van der Waals surface area contributed by atoms with Crippen LogP contribution in [-0.2, 0) is 45.5 Å². The summed E-state index contributed by atoms with van der Waals surface area (Å²) in [5.74, 6) is -0.455. The fourth-order valence-corrected chi connectivity index (χ4v) is 7.32. The summed E-state index contributed by atoms with van der Waals surface area (Å²) in [4.78, 5) is 29.8. The molecule has 0 spiro atoms. The first kappa shape index (κ1) is 33.7. The van der Waals surface area contributed by atoms with Crippen LogP contribution in [0.2, 0.25) is 10.0 Å². The molecule has 1 aliphatic heterocycles. The predicted octanol–water partition coefficient (Wildman–Crippen LogP) is 6.67. The van der Waals surface area contributed by atoms with Crippen molar-refractivity contribution in [2.45, 2.75) is 56.1 Å². The van der Waals surface area contributed by atoms with Gasteiger partial charge in [-0.2, -0.15) is 4.31 Å². The maximum Gasteiger partial charge on any atom is 0.243 e. The van der Waals surface area contributed by atoms with Crippen molar-refractivity contribution in [2.75, 3.05) is 13.1 Å². The molecule has 5 rings (SSSR count). The molecule has 1 heterocycles. The van der Waals surface area contributed by atoms with Crippen molar-refractivity contribution < 1.29 is 18.0 Å². The van der Waals surface area contributed by atoms with Gasteiger partial charge in [-0.15, -0.1) is 0 Å². The molecule has 1 fully saturated rings. The zero-order valence-corrected chi connectivity index (χ0v) is 27.8. The molecule has 1 aliphatic rings. The molecule has 1 saturated heterocycles. The zero-order valence-electron chi connectivity index (χ0n) is 25.4. The van der Waals surface area contributed by atoms with Crippen LogP contribution in [0.5, 0.6) is 0 Å². The first-order valence-corrected chi connectivity index (χ1v) is 17.6. The van der Waals surface area contributed by atoms with E-state index >= 15 is 0 Å². The third kappa shape index (κ3) is 8.97. The molecular weight excluding hydrogens is 641 g/mol. The van der Waals surface area contributed by atoms with Gasteiger partial charge in [-0.1, -0.05) is 89.9 Å². The third-order valence-corrected chi connectivity index (χ3v) is 10.6. The molecule has 0 aromatic heterocycles. The first-order chi connectivity index (χ1) is 22.2. The summed E-state index contributed by atoms with van der Waals surface area (Å²) in [6.45, 7) is 1.59. The minimum atomic E-state index is -3.52. The van der Waals surface area contributed by atoms with Gasteiger partial charge in [0, 0.05) is 49.1 Å². The topological polar surface area (TPSA) is 86.8 Å². The van der Waals surface area contributed by atoms with Crippen LogP contribution in [0.4, 0.5) is 0 Å². The zero-order chi connectivity index (χ0) is 32.5. The predicted molar refractivity (Wildman–Crippen MR) is 182 cm³/mol. The minimum Gasteiger partial charge on any atom is -0.350 e. The van der Waals surface area contributed by atoms with E-state index in [-0.39, 0.29) is 36.2 Å². The molecule has 0 saturated carbocycles. The van der Waals surface area contributed by atoms with Crippen molar-refractivity contribution in [3.8, 4) is 0 Å². The summed E-state index contributed by atoms with van der Waals surface area (Å²) in [6.07, 6.45) is 2.61. The number of hydrogen-bond donors (Lipinski definition) is 1. The largest absolute Gasteiger partial charge is 0.350 e. The number of sulfonamides is 1. The molecule has 0 bridgehead atoms. The van der Waals surface area contributed by atoms with Gasteiger partial charge in [0.1, 0.15) is 6.04 Å². The van der Waals surface area contributed by atoms with Gasteiger partial charge in [0.05, 0.1) is 4.90 Å². The number of halogens is 2. The Kier molecular flexibility index (Phi) is 11.5. The Morgan fingerprint density at radius 2 is 1.30 bits per heavy atom. The van der Waals surface area contributed by atoms with Crippen molar-refractivity contribution in [1.29, 1.82) is 0 Å². The second kappa shape index (κ2) is 15.7. The van der Waals surface area contributed by atoms with Gasteiger partial charge < -0.3 is 10.2 Å². The van der Waals surface area contributed by atoms with E-state index in [1.54, 1.807) is 53.4 Å². The van der Waals surface area contributed by atoms with Crippen LogP contribution in [0.3, 0.4) is 0 Å². The summed E-state index contributed by atoms with van der Waals surface area (Å²) < 4.78 is 27.4. The summed E-state index contributed by atoms with van der Waals surface area (Å²) in [6, 6.07) is 30.1. The van der Waals surface area contributed by atoms with Gasteiger partial charge in [0.2, 0.25) is 21.8 Å². The fourth-order valence-electron chi connectivity index (χ4n) is 5.55. The Hall–Kier alpha value is -3.69. The highest BCUT2D eigenvalue weighted by Gasteiger charge is 2.31. The Morgan fingerprint density at radius 1 is 0.739 bits per heavy atom. The summed E-state index contributed by atoms with van der Waals surface area (Å²) in [5, 5.41) is 4.22. The normalized spacial score (nSPS) is 14.1. The standard InChI is InChI=1S/C36H37Cl2N3O4S/c37-31-15-8-29(9-16-31)25-39-36(43)34(24-28-6-2-1-3-7-28)41(26-30-10-17-32(38)18-11-30)35(42)21-14-27-12-19-33(20-13-27)46(44,45)40-22-4-5-23-40/h1-3,6-13,15-20,34H,4-5,14,21-26H2,(H,39,43)/t34-/m1/s1. The maximum atomic E-state index is 14.0. The van der Waals surface area contributed by atoms with Crippen LogP contribution in [0.15, 0.2) is 108 Å². The lowest BCUT2D eigenvalue weighted by molar-refractivity contribution is -0.141. The number of aryl methyl sites for hydroxylation is 1. The van der Waals surface area contributed by atoms with Gasteiger partial charge in [-0.05, 0) is 77.9 Å². The summed E-state index contributed by atoms with van der Waals surface area (Å²) in [7, 11) is -3.52.